The first-order chi connectivity index (χ1) is 9.08. The van der Waals surface area contributed by atoms with Crippen LogP contribution >= 0.6 is 0 Å². The van der Waals surface area contributed by atoms with Crippen molar-refractivity contribution in [3.8, 4) is 5.69 Å². The summed E-state index contributed by atoms with van der Waals surface area (Å²) in [7, 11) is 4.01. The van der Waals surface area contributed by atoms with E-state index in [4.69, 9.17) is 5.73 Å². The number of rotatable bonds is 4. The summed E-state index contributed by atoms with van der Waals surface area (Å²) in [5.74, 6) is -0.448. The molecular weight excluding hydrogens is 238 g/mol. The predicted octanol–water partition coefficient (Wildman–Crippen LogP) is 2.04. The fourth-order valence-electron chi connectivity index (χ4n) is 1.84. The van der Waals surface area contributed by atoms with Crippen molar-refractivity contribution in [2.75, 3.05) is 19.0 Å². The van der Waals surface area contributed by atoms with Crippen LogP contribution in [0.4, 0.5) is 5.69 Å². The van der Waals surface area contributed by atoms with E-state index in [0.717, 1.165) is 17.1 Å². The lowest BCUT2D eigenvalue weighted by Gasteiger charge is -2.13. The molecule has 1 heterocycles. The van der Waals surface area contributed by atoms with Crippen LogP contribution in [-0.4, -0.2) is 24.6 Å². The van der Waals surface area contributed by atoms with Crippen LogP contribution < -0.4 is 10.6 Å². The van der Waals surface area contributed by atoms with Crippen molar-refractivity contribution in [1.29, 1.82) is 0 Å². The molecule has 0 aliphatic carbocycles. The number of anilines is 1. The fraction of sp³-hybridized carbons (Fsp3) is 0.133. The van der Waals surface area contributed by atoms with Crippen LogP contribution in [0.15, 0.2) is 48.7 Å². The highest BCUT2D eigenvalue weighted by atomic mass is 16.1. The molecule has 4 heteroatoms. The van der Waals surface area contributed by atoms with Crippen molar-refractivity contribution < 1.29 is 4.79 Å². The van der Waals surface area contributed by atoms with E-state index >= 15 is 0 Å². The largest absolute Gasteiger partial charge is 0.378 e. The Bertz CT molecular complexity index is 594. The second-order valence-electron chi connectivity index (χ2n) is 4.45. The molecule has 0 saturated carbocycles. The fourth-order valence-corrected chi connectivity index (χ4v) is 1.84. The van der Waals surface area contributed by atoms with Gasteiger partial charge in [-0.3, -0.25) is 4.79 Å². The van der Waals surface area contributed by atoms with Gasteiger partial charge in [-0.2, -0.15) is 0 Å². The van der Waals surface area contributed by atoms with E-state index < -0.39 is 5.91 Å². The standard InChI is InChI=1S/C15H17N3O/c1-17(2)12-5-7-14(8-6-12)18-11-3-4-13(18)9-10-15(16)19/h3-11H,1-2H3,(H2,16,19)/b10-9+. The maximum Gasteiger partial charge on any atom is 0.241 e. The topological polar surface area (TPSA) is 51.3 Å². The maximum atomic E-state index is 10.8. The number of primary amides is 1. The number of benzene rings is 1. The molecule has 0 saturated heterocycles. The molecule has 0 bridgehead atoms. The van der Waals surface area contributed by atoms with Gasteiger partial charge in [0.15, 0.2) is 0 Å². The van der Waals surface area contributed by atoms with Gasteiger partial charge in [-0.25, -0.2) is 0 Å². The molecule has 2 rings (SSSR count). The maximum absolute atomic E-state index is 10.8. The van der Waals surface area contributed by atoms with E-state index in [1.807, 2.05) is 54.0 Å². The molecule has 4 nitrogen and oxygen atoms in total. The number of nitrogens with zero attached hydrogens (tertiary/aromatic N) is 2. The third-order valence-electron chi connectivity index (χ3n) is 2.84. The highest BCUT2D eigenvalue weighted by Gasteiger charge is 2.01. The number of carbonyl (C=O) groups excluding carboxylic acids is 1. The minimum absolute atomic E-state index is 0.448. The van der Waals surface area contributed by atoms with E-state index in [1.54, 1.807) is 6.08 Å². The second kappa shape index (κ2) is 5.44. The summed E-state index contributed by atoms with van der Waals surface area (Å²) in [4.78, 5) is 12.8. The number of carbonyl (C=O) groups is 1. The van der Waals surface area contributed by atoms with Gasteiger partial charge in [-0.1, -0.05) is 0 Å². The lowest BCUT2D eigenvalue weighted by atomic mass is 10.2. The smallest absolute Gasteiger partial charge is 0.241 e. The first-order valence-corrected chi connectivity index (χ1v) is 6.00. The zero-order valence-electron chi connectivity index (χ0n) is 11.1. The van der Waals surface area contributed by atoms with Crippen molar-refractivity contribution in [1.82, 2.24) is 4.57 Å². The number of hydrogen-bond acceptors (Lipinski definition) is 2. The Morgan fingerprint density at radius 3 is 2.47 bits per heavy atom. The molecule has 0 atom stereocenters. The lowest BCUT2D eigenvalue weighted by Crippen LogP contribution is -2.08. The lowest BCUT2D eigenvalue weighted by molar-refractivity contribution is -0.113. The van der Waals surface area contributed by atoms with Crippen LogP contribution in [-0.2, 0) is 4.79 Å². The van der Waals surface area contributed by atoms with Gasteiger partial charge in [0.25, 0.3) is 0 Å². The van der Waals surface area contributed by atoms with Crippen LogP contribution in [0, 0.1) is 0 Å². The number of hydrogen-bond donors (Lipinski definition) is 1. The molecule has 2 N–H and O–H groups in total. The van der Waals surface area contributed by atoms with Gasteiger partial charge in [0.05, 0.1) is 0 Å². The monoisotopic (exact) mass is 255 g/mol. The molecule has 0 unspecified atom stereocenters. The summed E-state index contributed by atoms with van der Waals surface area (Å²) in [6.45, 7) is 0. The summed E-state index contributed by atoms with van der Waals surface area (Å²) in [6.07, 6.45) is 5.02. The molecule has 2 aromatic rings. The zero-order chi connectivity index (χ0) is 13.8. The Morgan fingerprint density at radius 1 is 1.21 bits per heavy atom. The first kappa shape index (κ1) is 13.0. The molecule has 0 radical (unpaired) electrons. The van der Waals surface area contributed by atoms with Crippen molar-refractivity contribution >= 4 is 17.7 Å². The van der Waals surface area contributed by atoms with Gasteiger partial charge >= 0.3 is 0 Å². The molecule has 1 amide bonds. The number of aromatic nitrogens is 1. The average Bonchev–Trinajstić information content (AvgIpc) is 2.84. The van der Waals surface area contributed by atoms with Crippen LogP contribution in [0.1, 0.15) is 5.69 Å². The van der Waals surface area contributed by atoms with E-state index in [0.29, 0.717) is 0 Å². The molecule has 0 spiro atoms. The Balaban J connectivity index is 2.32. The number of nitrogens with two attached hydrogens (primary N) is 1. The third-order valence-corrected chi connectivity index (χ3v) is 2.84. The summed E-state index contributed by atoms with van der Waals surface area (Å²) >= 11 is 0. The third kappa shape index (κ3) is 3.04. The SMILES string of the molecule is CN(C)c1ccc(-n2cccc2/C=C/C(N)=O)cc1. The van der Waals surface area contributed by atoms with Crippen molar-refractivity contribution in [3.63, 3.8) is 0 Å². The Labute approximate surface area is 112 Å². The van der Waals surface area contributed by atoms with Crippen molar-refractivity contribution in [3.05, 3.63) is 54.4 Å². The van der Waals surface area contributed by atoms with Crippen LogP contribution in [0.2, 0.25) is 0 Å². The zero-order valence-corrected chi connectivity index (χ0v) is 11.1. The van der Waals surface area contributed by atoms with Crippen molar-refractivity contribution in [2.45, 2.75) is 0 Å². The number of amides is 1. The minimum atomic E-state index is -0.448. The highest BCUT2D eigenvalue weighted by molar-refractivity contribution is 5.90. The normalized spacial score (nSPS) is 10.8. The van der Waals surface area contributed by atoms with Crippen molar-refractivity contribution in [2.24, 2.45) is 5.73 Å². The molecule has 98 valence electrons. The molecule has 1 aromatic heterocycles. The quantitative estimate of drug-likeness (QED) is 0.850. The van der Waals surface area contributed by atoms with Gasteiger partial charge in [-0.05, 0) is 42.5 Å². The molecule has 0 aliphatic heterocycles. The Hall–Kier alpha value is -2.49. The summed E-state index contributed by atoms with van der Waals surface area (Å²) in [5, 5.41) is 0. The Kier molecular flexibility index (Phi) is 3.71. The summed E-state index contributed by atoms with van der Waals surface area (Å²) in [6, 6.07) is 12.0. The molecule has 0 fully saturated rings. The molecule has 1 aromatic carbocycles. The minimum Gasteiger partial charge on any atom is -0.378 e. The van der Waals surface area contributed by atoms with Crippen LogP contribution in [0.25, 0.3) is 11.8 Å². The van der Waals surface area contributed by atoms with Gasteiger partial charge in [0.1, 0.15) is 0 Å². The van der Waals surface area contributed by atoms with Gasteiger partial charge in [-0.15, -0.1) is 0 Å². The highest BCUT2D eigenvalue weighted by Crippen LogP contribution is 2.18. The summed E-state index contributed by atoms with van der Waals surface area (Å²) < 4.78 is 2.00. The van der Waals surface area contributed by atoms with Gasteiger partial charge in [0, 0.05) is 43.4 Å². The van der Waals surface area contributed by atoms with Gasteiger partial charge < -0.3 is 15.2 Å². The van der Waals surface area contributed by atoms with Crippen LogP contribution in [0.5, 0.6) is 0 Å². The molecule has 0 aliphatic rings. The van der Waals surface area contributed by atoms with E-state index in [9.17, 15) is 4.79 Å². The molecule has 19 heavy (non-hydrogen) atoms. The summed E-state index contributed by atoms with van der Waals surface area (Å²) in [5.41, 5.74) is 8.21. The predicted molar refractivity (Wildman–Crippen MR) is 78.3 cm³/mol. The molecular formula is C15H17N3O. The van der Waals surface area contributed by atoms with Crippen LogP contribution in [0.3, 0.4) is 0 Å². The first-order valence-electron chi connectivity index (χ1n) is 6.00. The second-order valence-corrected chi connectivity index (χ2v) is 4.45. The van der Waals surface area contributed by atoms with E-state index in [2.05, 4.69) is 12.1 Å². The van der Waals surface area contributed by atoms with Gasteiger partial charge in [0.2, 0.25) is 5.91 Å². The van der Waals surface area contributed by atoms with E-state index in [-0.39, 0.29) is 0 Å². The Morgan fingerprint density at radius 2 is 1.89 bits per heavy atom. The van der Waals surface area contributed by atoms with E-state index in [1.165, 1.54) is 6.08 Å². The average molecular weight is 255 g/mol.